The number of hydrogen-bond donors (Lipinski definition) is 1. The molecule has 0 spiro atoms. The molecule has 0 bridgehead atoms. The molecule has 0 atom stereocenters. The van der Waals surface area contributed by atoms with Gasteiger partial charge in [0.15, 0.2) is 0 Å². The Morgan fingerprint density at radius 2 is 0.514 bits per heavy atom. The van der Waals surface area contributed by atoms with E-state index in [1.165, 1.54) is 205 Å². The van der Waals surface area contributed by atoms with Gasteiger partial charge in [-0.2, -0.15) is 0 Å². The summed E-state index contributed by atoms with van der Waals surface area (Å²) in [5.74, 6) is 0. The lowest BCUT2D eigenvalue weighted by Crippen LogP contribution is -1.97. The molecule has 0 rings (SSSR count). The average molecular weight is 520 g/mol. The van der Waals surface area contributed by atoms with Crippen LogP contribution in [0.5, 0.6) is 0 Å². The Bertz CT molecular complexity index is 401. The molecular formula is C36H73N. The summed E-state index contributed by atoms with van der Waals surface area (Å²) in [5.41, 5.74) is 5.54. The van der Waals surface area contributed by atoms with Gasteiger partial charge in [0, 0.05) is 0 Å². The molecule has 222 valence electrons. The van der Waals surface area contributed by atoms with Crippen molar-refractivity contribution in [2.24, 2.45) is 5.73 Å². The van der Waals surface area contributed by atoms with Crippen LogP contribution in [-0.4, -0.2) is 6.54 Å². The second kappa shape index (κ2) is 35.7. The molecule has 0 fully saturated rings. The third kappa shape index (κ3) is 35.7. The van der Waals surface area contributed by atoms with Gasteiger partial charge in [-0.25, -0.2) is 0 Å². The highest BCUT2D eigenvalue weighted by Gasteiger charge is 1.96. The molecule has 0 aromatic heterocycles. The lowest BCUT2D eigenvalue weighted by molar-refractivity contribution is 0.517. The predicted molar refractivity (Wildman–Crippen MR) is 172 cm³/mol. The molecule has 0 heterocycles. The molecule has 0 saturated heterocycles. The largest absolute Gasteiger partial charge is 0.330 e. The SMILES string of the molecule is CCCCCCCCCCCCCCCCCCCCCCCCCC/C=C\CCCCCCCCN. The maximum Gasteiger partial charge on any atom is -0.00773 e. The van der Waals surface area contributed by atoms with Crippen molar-refractivity contribution in [2.45, 2.75) is 212 Å². The minimum atomic E-state index is 0.863. The smallest absolute Gasteiger partial charge is 0.00773 e. The fourth-order valence-electron chi connectivity index (χ4n) is 5.57. The van der Waals surface area contributed by atoms with E-state index in [9.17, 15) is 0 Å². The molecule has 0 aliphatic rings. The summed E-state index contributed by atoms with van der Waals surface area (Å²) in [5, 5.41) is 0. The average Bonchev–Trinajstić information content (AvgIpc) is 2.91. The van der Waals surface area contributed by atoms with Crippen LogP contribution in [0.2, 0.25) is 0 Å². The minimum Gasteiger partial charge on any atom is -0.330 e. The zero-order chi connectivity index (χ0) is 26.7. The minimum absolute atomic E-state index is 0.863. The van der Waals surface area contributed by atoms with Gasteiger partial charge < -0.3 is 5.73 Å². The monoisotopic (exact) mass is 520 g/mol. The highest BCUT2D eigenvalue weighted by molar-refractivity contribution is 4.81. The fourth-order valence-corrected chi connectivity index (χ4v) is 5.57. The van der Waals surface area contributed by atoms with E-state index in [1.807, 2.05) is 0 Å². The van der Waals surface area contributed by atoms with Crippen molar-refractivity contribution in [3.8, 4) is 0 Å². The summed E-state index contributed by atoms with van der Waals surface area (Å²) in [6.45, 7) is 3.17. The Balaban J connectivity index is 3.05. The zero-order valence-corrected chi connectivity index (χ0v) is 26.1. The number of allylic oxidation sites excluding steroid dienone is 2. The van der Waals surface area contributed by atoms with Crippen LogP contribution in [0.15, 0.2) is 12.2 Å². The molecule has 0 aromatic rings. The van der Waals surface area contributed by atoms with Crippen LogP contribution in [-0.2, 0) is 0 Å². The summed E-state index contributed by atoms with van der Waals surface area (Å²) in [6, 6.07) is 0. The Labute approximate surface area is 236 Å². The van der Waals surface area contributed by atoms with Gasteiger partial charge in [0.2, 0.25) is 0 Å². The Morgan fingerprint density at radius 1 is 0.297 bits per heavy atom. The van der Waals surface area contributed by atoms with Gasteiger partial charge in [-0.1, -0.05) is 192 Å². The van der Waals surface area contributed by atoms with Gasteiger partial charge in [0.25, 0.3) is 0 Å². The second-order valence-corrected chi connectivity index (χ2v) is 12.1. The van der Waals surface area contributed by atoms with Crippen molar-refractivity contribution in [3.63, 3.8) is 0 Å². The molecule has 37 heavy (non-hydrogen) atoms. The lowest BCUT2D eigenvalue weighted by atomic mass is 10.0. The quantitative estimate of drug-likeness (QED) is 0.0677. The molecular weight excluding hydrogens is 446 g/mol. The number of unbranched alkanes of at least 4 members (excludes halogenated alkanes) is 30. The van der Waals surface area contributed by atoms with Crippen molar-refractivity contribution in [1.82, 2.24) is 0 Å². The molecule has 1 heteroatoms. The lowest BCUT2D eigenvalue weighted by Gasteiger charge is -2.04. The number of nitrogens with two attached hydrogens (primary N) is 1. The van der Waals surface area contributed by atoms with E-state index in [4.69, 9.17) is 5.73 Å². The van der Waals surface area contributed by atoms with Gasteiger partial charge in [0.1, 0.15) is 0 Å². The van der Waals surface area contributed by atoms with Crippen molar-refractivity contribution in [3.05, 3.63) is 12.2 Å². The van der Waals surface area contributed by atoms with Gasteiger partial charge in [-0.05, 0) is 38.6 Å². The molecule has 1 nitrogen and oxygen atoms in total. The standard InChI is InChI=1S/C36H73N/c1-2-3-4-5-6-7-8-9-10-11-12-13-14-15-16-17-18-19-20-21-22-23-24-25-26-27-28-29-30-31-32-33-34-35-36-37/h27-28H,2-26,29-37H2,1H3/b28-27-. The van der Waals surface area contributed by atoms with Gasteiger partial charge >= 0.3 is 0 Å². The molecule has 2 N–H and O–H groups in total. The van der Waals surface area contributed by atoms with Crippen LogP contribution < -0.4 is 5.73 Å². The molecule has 0 saturated carbocycles. The first kappa shape index (κ1) is 36.7. The first-order chi connectivity index (χ1) is 18.4. The van der Waals surface area contributed by atoms with Crippen molar-refractivity contribution in [2.75, 3.05) is 6.54 Å². The van der Waals surface area contributed by atoms with Crippen LogP contribution in [0.1, 0.15) is 212 Å². The number of hydrogen-bond acceptors (Lipinski definition) is 1. The Kier molecular flexibility index (Phi) is 35.4. The predicted octanol–water partition coefficient (Wildman–Crippen LogP) is 13.0. The van der Waals surface area contributed by atoms with Crippen LogP contribution in [0.3, 0.4) is 0 Å². The summed E-state index contributed by atoms with van der Waals surface area (Å²) < 4.78 is 0. The molecule has 0 aliphatic carbocycles. The van der Waals surface area contributed by atoms with Crippen LogP contribution in [0.25, 0.3) is 0 Å². The highest BCUT2D eigenvalue weighted by Crippen LogP contribution is 2.16. The second-order valence-electron chi connectivity index (χ2n) is 12.1. The summed E-state index contributed by atoms with van der Waals surface area (Å²) in [7, 11) is 0. The fraction of sp³-hybridized carbons (Fsp3) is 0.944. The van der Waals surface area contributed by atoms with Gasteiger partial charge in [-0.3, -0.25) is 0 Å². The first-order valence-corrected chi connectivity index (χ1v) is 17.8. The van der Waals surface area contributed by atoms with E-state index in [2.05, 4.69) is 19.1 Å². The molecule has 0 radical (unpaired) electrons. The van der Waals surface area contributed by atoms with Crippen LogP contribution >= 0.6 is 0 Å². The third-order valence-electron chi connectivity index (χ3n) is 8.22. The zero-order valence-electron chi connectivity index (χ0n) is 26.1. The van der Waals surface area contributed by atoms with E-state index in [-0.39, 0.29) is 0 Å². The third-order valence-corrected chi connectivity index (χ3v) is 8.22. The van der Waals surface area contributed by atoms with Gasteiger partial charge in [0.05, 0.1) is 0 Å². The van der Waals surface area contributed by atoms with Gasteiger partial charge in [-0.15, -0.1) is 0 Å². The summed E-state index contributed by atoms with van der Waals surface area (Å²) in [6.07, 6.45) is 50.8. The molecule has 0 aromatic carbocycles. The number of rotatable bonds is 33. The molecule has 0 unspecified atom stereocenters. The van der Waals surface area contributed by atoms with E-state index in [1.54, 1.807) is 0 Å². The summed E-state index contributed by atoms with van der Waals surface area (Å²) in [4.78, 5) is 0. The van der Waals surface area contributed by atoms with Crippen molar-refractivity contribution in [1.29, 1.82) is 0 Å². The first-order valence-electron chi connectivity index (χ1n) is 17.8. The maximum atomic E-state index is 5.54. The molecule has 0 aliphatic heterocycles. The van der Waals surface area contributed by atoms with E-state index >= 15 is 0 Å². The highest BCUT2D eigenvalue weighted by atomic mass is 14.5. The normalized spacial score (nSPS) is 11.7. The van der Waals surface area contributed by atoms with E-state index < -0.39 is 0 Å². The van der Waals surface area contributed by atoms with Crippen molar-refractivity contribution < 1.29 is 0 Å². The maximum absolute atomic E-state index is 5.54. The van der Waals surface area contributed by atoms with E-state index in [0.717, 1.165) is 6.54 Å². The Morgan fingerprint density at radius 3 is 0.757 bits per heavy atom. The van der Waals surface area contributed by atoms with Crippen LogP contribution in [0, 0.1) is 0 Å². The summed E-state index contributed by atoms with van der Waals surface area (Å²) >= 11 is 0. The van der Waals surface area contributed by atoms with Crippen LogP contribution in [0.4, 0.5) is 0 Å². The topological polar surface area (TPSA) is 26.0 Å². The Hall–Kier alpha value is -0.300. The van der Waals surface area contributed by atoms with E-state index in [0.29, 0.717) is 0 Å². The van der Waals surface area contributed by atoms with Crippen molar-refractivity contribution >= 4 is 0 Å². The molecule has 0 amide bonds.